The van der Waals surface area contributed by atoms with Crippen LogP contribution in [-0.2, 0) is 17.0 Å². The van der Waals surface area contributed by atoms with E-state index in [-0.39, 0.29) is 5.91 Å². The zero-order valence-corrected chi connectivity index (χ0v) is 15.5. The van der Waals surface area contributed by atoms with Gasteiger partial charge in [-0.1, -0.05) is 6.07 Å². The van der Waals surface area contributed by atoms with Gasteiger partial charge in [0.15, 0.2) is 0 Å². The molecule has 0 N–H and O–H groups in total. The average Bonchev–Trinajstić information content (AvgIpc) is 2.67. The number of nitrogens with zero attached hydrogens (tertiary/aromatic N) is 2. The number of carbonyl (C=O) groups excluding carboxylic acids is 1. The second-order valence-electron chi connectivity index (χ2n) is 6.31. The molecule has 0 bridgehead atoms. The van der Waals surface area contributed by atoms with Crippen molar-refractivity contribution in [3.05, 3.63) is 59.7 Å². The minimum absolute atomic E-state index is 0.132. The molecule has 0 aliphatic carbocycles. The molecular formula is C19H19F3N2O2S. The van der Waals surface area contributed by atoms with Crippen molar-refractivity contribution >= 4 is 22.4 Å². The first-order chi connectivity index (χ1) is 12.8. The molecule has 8 heteroatoms. The molecule has 0 spiro atoms. The van der Waals surface area contributed by atoms with Crippen LogP contribution < -0.4 is 4.90 Å². The molecule has 1 aliphatic heterocycles. The molecule has 27 heavy (non-hydrogen) atoms. The van der Waals surface area contributed by atoms with E-state index in [1.807, 2.05) is 4.90 Å². The topological polar surface area (TPSA) is 40.6 Å². The van der Waals surface area contributed by atoms with Crippen LogP contribution in [0.1, 0.15) is 15.9 Å². The SMILES string of the molecule is CS(=O)c1ccc(C(=O)N2CCN(c3cccc(C(F)(F)F)c3)CC2)cc1. The molecule has 1 heterocycles. The number of amides is 1. The number of halogens is 3. The molecule has 1 amide bonds. The number of piperazine rings is 1. The highest BCUT2D eigenvalue weighted by molar-refractivity contribution is 7.84. The van der Waals surface area contributed by atoms with E-state index >= 15 is 0 Å². The predicted molar refractivity (Wildman–Crippen MR) is 98.3 cm³/mol. The molecule has 1 saturated heterocycles. The molecule has 1 unspecified atom stereocenters. The van der Waals surface area contributed by atoms with E-state index in [0.29, 0.717) is 42.3 Å². The van der Waals surface area contributed by atoms with E-state index in [2.05, 4.69) is 0 Å². The number of carbonyl (C=O) groups is 1. The van der Waals surface area contributed by atoms with E-state index in [1.54, 1.807) is 41.5 Å². The van der Waals surface area contributed by atoms with Gasteiger partial charge in [0.05, 0.1) is 5.56 Å². The van der Waals surface area contributed by atoms with Crippen molar-refractivity contribution in [2.24, 2.45) is 0 Å². The highest BCUT2D eigenvalue weighted by Gasteiger charge is 2.31. The van der Waals surface area contributed by atoms with Gasteiger partial charge in [-0.2, -0.15) is 13.2 Å². The smallest absolute Gasteiger partial charge is 0.368 e. The Bertz CT molecular complexity index is 845. The summed E-state index contributed by atoms with van der Waals surface area (Å²) in [6.45, 7) is 1.78. The lowest BCUT2D eigenvalue weighted by Gasteiger charge is -2.36. The Morgan fingerprint density at radius 3 is 2.19 bits per heavy atom. The van der Waals surface area contributed by atoms with E-state index < -0.39 is 22.5 Å². The van der Waals surface area contributed by atoms with E-state index in [1.165, 1.54) is 6.07 Å². The van der Waals surface area contributed by atoms with Gasteiger partial charge in [-0.05, 0) is 42.5 Å². The zero-order chi connectivity index (χ0) is 19.6. The fourth-order valence-corrected chi connectivity index (χ4v) is 3.54. The van der Waals surface area contributed by atoms with Crippen LogP contribution in [0.4, 0.5) is 18.9 Å². The second-order valence-corrected chi connectivity index (χ2v) is 7.69. The first-order valence-electron chi connectivity index (χ1n) is 8.40. The fraction of sp³-hybridized carbons (Fsp3) is 0.316. The Balaban J connectivity index is 1.65. The summed E-state index contributed by atoms with van der Waals surface area (Å²) in [6, 6.07) is 11.9. The quantitative estimate of drug-likeness (QED) is 0.799. The number of benzene rings is 2. The molecule has 0 aromatic heterocycles. The molecule has 1 fully saturated rings. The van der Waals surface area contributed by atoms with Gasteiger partial charge < -0.3 is 9.80 Å². The molecule has 0 saturated carbocycles. The third-order valence-corrected chi connectivity index (χ3v) is 5.47. The number of anilines is 1. The first kappa shape index (κ1) is 19.4. The predicted octanol–water partition coefficient (Wildman–Crippen LogP) is 3.41. The van der Waals surface area contributed by atoms with Crippen LogP contribution in [0.5, 0.6) is 0 Å². The standard InChI is InChI=1S/C19H19F3N2O2S/c1-27(26)17-7-5-14(6-8-17)18(25)24-11-9-23(10-12-24)16-4-2-3-15(13-16)19(20,21)22/h2-8,13H,9-12H2,1H3. The largest absolute Gasteiger partial charge is 0.416 e. The number of alkyl halides is 3. The van der Waals surface area contributed by atoms with Crippen LogP contribution in [0.15, 0.2) is 53.4 Å². The van der Waals surface area contributed by atoms with Gasteiger partial charge in [0, 0.05) is 59.4 Å². The summed E-state index contributed by atoms with van der Waals surface area (Å²) in [7, 11) is -1.10. The van der Waals surface area contributed by atoms with E-state index in [9.17, 15) is 22.2 Å². The van der Waals surface area contributed by atoms with Crippen LogP contribution >= 0.6 is 0 Å². The number of hydrogen-bond acceptors (Lipinski definition) is 3. The third kappa shape index (κ3) is 4.50. The Morgan fingerprint density at radius 2 is 1.63 bits per heavy atom. The summed E-state index contributed by atoms with van der Waals surface area (Å²) < 4.78 is 50.1. The summed E-state index contributed by atoms with van der Waals surface area (Å²) >= 11 is 0. The third-order valence-electron chi connectivity index (χ3n) is 4.54. The molecule has 3 rings (SSSR count). The minimum Gasteiger partial charge on any atom is -0.368 e. The molecule has 144 valence electrons. The molecule has 1 atom stereocenters. The van der Waals surface area contributed by atoms with Crippen molar-refractivity contribution in [2.45, 2.75) is 11.1 Å². The fourth-order valence-electron chi connectivity index (χ4n) is 3.02. The van der Waals surface area contributed by atoms with Gasteiger partial charge >= 0.3 is 6.18 Å². The summed E-state index contributed by atoms with van der Waals surface area (Å²) in [4.78, 5) is 16.8. The van der Waals surface area contributed by atoms with Crippen LogP contribution in [0.3, 0.4) is 0 Å². The number of hydrogen-bond donors (Lipinski definition) is 0. The minimum atomic E-state index is -4.37. The van der Waals surface area contributed by atoms with Crippen molar-refractivity contribution < 1.29 is 22.2 Å². The Morgan fingerprint density at radius 1 is 1.00 bits per heavy atom. The summed E-state index contributed by atoms with van der Waals surface area (Å²) in [6.07, 6.45) is -2.80. The molecular weight excluding hydrogens is 377 g/mol. The lowest BCUT2D eigenvalue weighted by molar-refractivity contribution is -0.137. The highest BCUT2D eigenvalue weighted by atomic mass is 32.2. The summed E-state index contributed by atoms with van der Waals surface area (Å²) in [5.41, 5.74) is 0.343. The number of rotatable bonds is 3. The first-order valence-corrected chi connectivity index (χ1v) is 9.96. The highest BCUT2D eigenvalue weighted by Crippen LogP contribution is 2.31. The zero-order valence-electron chi connectivity index (χ0n) is 14.7. The van der Waals surface area contributed by atoms with Gasteiger partial charge in [0.2, 0.25) is 0 Å². The second kappa shape index (κ2) is 7.72. The molecule has 2 aromatic rings. The Hall–Kier alpha value is -2.35. The maximum atomic E-state index is 12.9. The summed E-state index contributed by atoms with van der Waals surface area (Å²) in [5.74, 6) is -0.132. The van der Waals surface area contributed by atoms with Crippen LogP contribution in [0.25, 0.3) is 0 Å². The van der Waals surface area contributed by atoms with Crippen LogP contribution in [0.2, 0.25) is 0 Å². The van der Waals surface area contributed by atoms with Crippen molar-refractivity contribution in [2.75, 3.05) is 37.3 Å². The van der Waals surface area contributed by atoms with Crippen molar-refractivity contribution in [3.63, 3.8) is 0 Å². The Labute approximate surface area is 158 Å². The maximum Gasteiger partial charge on any atom is 0.416 e. The lowest BCUT2D eigenvalue weighted by atomic mass is 10.1. The molecule has 2 aromatic carbocycles. The van der Waals surface area contributed by atoms with Gasteiger partial charge in [-0.25, -0.2) is 0 Å². The lowest BCUT2D eigenvalue weighted by Crippen LogP contribution is -2.48. The molecule has 0 radical (unpaired) electrons. The van der Waals surface area contributed by atoms with Gasteiger partial charge in [-0.3, -0.25) is 9.00 Å². The van der Waals surface area contributed by atoms with E-state index in [4.69, 9.17) is 0 Å². The monoisotopic (exact) mass is 396 g/mol. The Kier molecular flexibility index (Phi) is 5.55. The van der Waals surface area contributed by atoms with Gasteiger partial charge in [0.25, 0.3) is 5.91 Å². The molecule has 4 nitrogen and oxygen atoms in total. The summed E-state index contributed by atoms with van der Waals surface area (Å²) in [5, 5.41) is 0. The van der Waals surface area contributed by atoms with E-state index in [0.717, 1.165) is 12.1 Å². The average molecular weight is 396 g/mol. The van der Waals surface area contributed by atoms with Crippen molar-refractivity contribution in [1.82, 2.24) is 4.90 Å². The van der Waals surface area contributed by atoms with Crippen LogP contribution in [-0.4, -0.2) is 47.5 Å². The van der Waals surface area contributed by atoms with Crippen molar-refractivity contribution in [3.8, 4) is 0 Å². The molecule has 1 aliphatic rings. The van der Waals surface area contributed by atoms with Crippen molar-refractivity contribution in [1.29, 1.82) is 0 Å². The van der Waals surface area contributed by atoms with Gasteiger partial charge in [0.1, 0.15) is 0 Å². The normalized spacial score (nSPS) is 16.3. The maximum absolute atomic E-state index is 12.9. The van der Waals surface area contributed by atoms with Gasteiger partial charge in [-0.15, -0.1) is 0 Å². The van der Waals surface area contributed by atoms with Crippen LogP contribution in [0, 0.1) is 0 Å².